The van der Waals surface area contributed by atoms with Crippen molar-refractivity contribution in [2.24, 2.45) is 0 Å². The number of halogens is 1. The van der Waals surface area contributed by atoms with E-state index in [4.69, 9.17) is 5.26 Å². The first-order valence-corrected chi connectivity index (χ1v) is 6.10. The van der Waals surface area contributed by atoms with Crippen LogP contribution >= 0.6 is 15.9 Å². The molecule has 0 saturated heterocycles. The van der Waals surface area contributed by atoms with Gasteiger partial charge in [0.25, 0.3) is 0 Å². The molecule has 0 spiro atoms. The van der Waals surface area contributed by atoms with Crippen molar-refractivity contribution >= 4 is 21.8 Å². The van der Waals surface area contributed by atoms with Crippen molar-refractivity contribution < 1.29 is 4.79 Å². The number of hydrogen-bond acceptors (Lipinski definition) is 2. The van der Waals surface area contributed by atoms with Crippen LogP contribution in [0.4, 0.5) is 0 Å². The Labute approximate surface area is 110 Å². The van der Waals surface area contributed by atoms with Crippen LogP contribution in [-0.2, 0) is 10.3 Å². The summed E-state index contributed by atoms with van der Waals surface area (Å²) in [4.78, 5) is 11.5. The van der Waals surface area contributed by atoms with Gasteiger partial charge in [0.15, 0.2) is 0 Å². The molecule has 1 aromatic carbocycles. The van der Waals surface area contributed by atoms with Crippen molar-refractivity contribution in [3.8, 4) is 6.07 Å². The molecule has 0 fully saturated rings. The van der Waals surface area contributed by atoms with Crippen molar-refractivity contribution in [2.45, 2.75) is 32.7 Å². The summed E-state index contributed by atoms with van der Waals surface area (Å²) < 4.78 is 0.973. The lowest BCUT2D eigenvalue weighted by atomic mass is 9.90. The van der Waals surface area contributed by atoms with Crippen molar-refractivity contribution in [2.75, 3.05) is 0 Å². The minimum atomic E-state index is -0.484. The van der Waals surface area contributed by atoms with Gasteiger partial charge in [-0.05, 0) is 44.0 Å². The zero-order chi connectivity index (χ0) is 13.1. The van der Waals surface area contributed by atoms with Crippen LogP contribution in [0.3, 0.4) is 0 Å². The van der Waals surface area contributed by atoms with Crippen molar-refractivity contribution in [3.05, 3.63) is 33.8 Å². The molecule has 90 valence electrons. The van der Waals surface area contributed by atoms with E-state index in [1.165, 1.54) is 0 Å². The topological polar surface area (TPSA) is 52.9 Å². The van der Waals surface area contributed by atoms with E-state index < -0.39 is 5.54 Å². The Morgan fingerprint density at radius 1 is 1.53 bits per heavy atom. The van der Waals surface area contributed by atoms with Gasteiger partial charge >= 0.3 is 0 Å². The lowest BCUT2D eigenvalue weighted by molar-refractivity contribution is -0.121. The molecule has 0 aliphatic carbocycles. The Balaban J connectivity index is 3.00. The summed E-state index contributed by atoms with van der Waals surface area (Å²) >= 11 is 3.42. The van der Waals surface area contributed by atoms with E-state index in [1.807, 2.05) is 45.0 Å². The SMILES string of the molecule is Cc1ccc(Br)cc1C(C)(C)NC(=O)CC#N. The Kier molecular flexibility index (Phi) is 4.30. The summed E-state index contributed by atoms with van der Waals surface area (Å²) in [7, 11) is 0. The minimum Gasteiger partial charge on any atom is -0.346 e. The largest absolute Gasteiger partial charge is 0.346 e. The smallest absolute Gasteiger partial charge is 0.234 e. The first-order valence-electron chi connectivity index (χ1n) is 5.31. The number of carbonyl (C=O) groups excluding carboxylic acids is 1. The third-order valence-electron chi connectivity index (χ3n) is 2.56. The summed E-state index contributed by atoms with van der Waals surface area (Å²) in [6.07, 6.45) is -0.115. The number of nitriles is 1. The van der Waals surface area contributed by atoms with E-state index in [2.05, 4.69) is 21.2 Å². The molecule has 0 saturated carbocycles. The standard InChI is InChI=1S/C13H15BrN2O/c1-9-4-5-10(14)8-11(9)13(2,3)16-12(17)6-7-15/h4-5,8H,6H2,1-3H3,(H,16,17). The number of aryl methyl sites for hydroxylation is 1. The van der Waals surface area contributed by atoms with Crippen LogP contribution in [0, 0.1) is 18.3 Å². The van der Waals surface area contributed by atoms with Crippen molar-refractivity contribution in [3.63, 3.8) is 0 Å². The molecule has 3 nitrogen and oxygen atoms in total. The van der Waals surface area contributed by atoms with Crippen LogP contribution in [0.5, 0.6) is 0 Å². The fraction of sp³-hybridized carbons (Fsp3) is 0.385. The molecule has 1 rings (SSSR count). The maximum Gasteiger partial charge on any atom is 0.234 e. The number of nitrogens with zero attached hydrogens (tertiary/aromatic N) is 1. The normalized spacial score (nSPS) is 10.8. The number of rotatable bonds is 3. The molecular weight excluding hydrogens is 280 g/mol. The second kappa shape index (κ2) is 5.33. The molecule has 4 heteroatoms. The predicted molar refractivity (Wildman–Crippen MR) is 70.3 cm³/mol. The van der Waals surface area contributed by atoms with E-state index in [-0.39, 0.29) is 12.3 Å². The first kappa shape index (κ1) is 13.7. The van der Waals surface area contributed by atoms with Gasteiger partial charge in [0.2, 0.25) is 5.91 Å². The van der Waals surface area contributed by atoms with E-state index in [1.54, 1.807) is 0 Å². The first-order chi connectivity index (χ1) is 7.86. The van der Waals surface area contributed by atoms with Gasteiger partial charge in [0.05, 0.1) is 11.6 Å². The van der Waals surface area contributed by atoms with Gasteiger partial charge in [-0.1, -0.05) is 22.0 Å². The lowest BCUT2D eigenvalue weighted by Crippen LogP contribution is -2.41. The number of amides is 1. The lowest BCUT2D eigenvalue weighted by Gasteiger charge is -2.28. The van der Waals surface area contributed by atoms with E-state index >= 15 is 0 Å². The average molecular weight is 295 g/mol. The Bertz CT molecular complexity index is 475. The second-order valence-corrected chi connectivity index (χ2v) is 5.38. The molecule has 0 unspecified atom stereocenters. The fourth-order valence-corrected chi connectivity index (χ4v) is 2.16. The maximum absolute atomic E-state index is 11.5. The third-order valence-corrected chi connectivity index (χ3v) is 3.06. The highest BCUT2D eigenvalue weighted by molar-refractivity contribution is 9.10. The Morgan fingerprint density at radius 2 is 2.18 bits per heavy atom. The zero-order valence-corrected chi connectivity index (χ0v) is 11.8. The predicted octanol–water partition coefficient (Wildman–Crippen LogP) is 3.02. The van der Waals surface area contributed by atoms with Gasteiger partial charge < -0.3 is 5.32 Å². The van der Waals surface area contributed by atoms with Crippen LogP contribution in [0.15, 0.2) is 22.7 Å². The minimum absolute atomic E-state index is 0.115. The molecule has 0 heterocycles. The van der Waals surface area contributed by atoms with Gasteiger partial charge in [-0.25, -0.2) is 0 Å². The molecule has 1 aromatic rings. The summed E-state index contributed by atoms with van der Waals surface area (Å²) in [5.74, 6) is -0.253. The summed E-state index contributed by atoms with van der Waals surface area (Å²) in [5.41, 5.74) is 1.66. The quantitative estimate of drug-likeness (QED) is 0.932. The van der Waals surface area contributed by atoms with Crippen molar-refractivity contribution in [1.82, 2.24) is 5.32 Å². The molecule has 17 heavy (non-hydrogen) atoms. The molecule has 0 aliphatic rings. The van der Waals surface area contributed by atoms with Crippen LogP contribution in [0.1, 0.15) is 31.4 Å². The molecule has 0 bridgehead atoms. The number of hydrogen-bond donors (Lipinski definition) is 1. The Morgan fingerprint density at radius 3 is 2.76 bits per heavy atom. The second-order valence-electron chi connectivity index (χ2n) is 4.47. The van der Waals surface area contributed by atoms with E-state index in [0.717, 1.165) is 15.6 Å². The number of benzene rings is 1. The molecule has 0 atom stereocenters. The van der Waals surface area contributed by atoms with Gasteiger partial charge in [-0.3, -0.25) is 4.79 Å². The van der Waals surface area contributed by atoms with Gasteiger partial charge in [-0.15, -0.1) is 0 Å². The number of carbonyl (C=O) groups is 1. The zero-order valence-electron chi connectivity index (χ0n) is 10.2. The highest BCUT2D eigenvalue weighted by Crippen LogP contribution is 2.26. The molecule has 0 aromatic heterocycles. The molecule has 0 aliphatic heterocycles. The number of nitrogens with one attached hydrogen (secondary N) is 1. The third kappa shape index (κ3) is 3.57. The van der Waals surface area contributed by atoms with Crippen molar-refractivity contribution in [1.29, 1.82) is 5.26 Å². The summed E-state index contributed by atoms with van der Waals surface area (Å²) in [6.45, 7) is 5.86. The van der Waals surface area contributed by atoms with Gasteiger partial charge in [-0.2, -0.15) is 5.26 Å². The molecule has 1 amide bonds. The monoisotopic (exact) mass is 294 g/mol. The maximum atomic E-state index is 11.5. The molecule has 1 N–H and O–H groups in total. The highest BCUT2D eigenvalue weighted by atomic mass is 79.9. The Hall–Kier alpha value is -1.34. The van der Waals surface area contributed by atoms with Crippen LogP contribution in [-0.4, -0.2) is 5.91 Å². The highest BCUT2D eigenvalue weighted by Gasteiger charge is 2.24. The fourth-order valence-electron chi connectivity index (χ4n) is 1.80. The van der Waals surface area contributed by atoms with Crippen LogP contribution < -0.4 is 5.32 Å². The van der Waals surface area contributed by atoms with Gasteiger partial charge in [0, 0.05) is 4.47 Å². The summed E-state index contributed by atoms with van der Waals surface area (Å²) in [5, 5.41) is 11.3. The van der Waals surface area contributed by atoms with Gasteiger partial charge in [0.1, 0.15) is 6.42 Å². The summed E-state index contributed by atoms with van der Waals surface area (Å²) in [6, 6.07) is 7.80. The van der Waals surface area contributed by atoms with E-state index in [0.29, 0.717) is 0 Å². The molecular formula is C13H15BrN2O. The molecule has 0 radical (unpaired) electrons. The van der Waals surface area contributed by atoms with Crippen LogP contribution in [0.25, 0.3) is 0 Å². The van der Waals surface area contributed by atoms with E-state index in [9.17, 15) is 4.79 Å². The van der Waals surface area contributed by atoms with Crippen LogP contribution in [0.2, 0.25) is 0 Å². The average Bonchev–Trinajstić information content (AvgIpc) is 2.21.